The Kier molecular flexibility index (Phi) is 4.58. The lowest BCUT2D eigenvalue weighted by Gasteiger charge is -2.27. The first-order chi connectivity index (χ1) is 13.1. The van der Waals surface area contributed by atoms with Crippen molar-refractivity contribution < 1.29 is 18.3 Å². The van der Waals surface area contributed by atoms with Gasteiger partial charge in [-0.25, -0.2) is 8.78 Å². The SMILES string of the molecule is O=C(c1cccc(F)c1)N1CCn2nc(OCc3ccc(F)cc3)cc2C1. The lowest BCUT2D eigenvalue weighted by atomic mass is 10.1. The zero-order valence-corrected chi connectivity index (χ0v) is 14.4. The first kappa shape index (κ1) is 17.2. The van der Waals surface area contributed by atoms with Crippen LogP contribution in [0.5, 0.6) is 5.88 Å². The fourth-order valence-corrected chi connectivity index (χ4v) is 3.03. The Balaban J connectivity index is 1.42. The van der Waals surface area contributed by atoms with E-state index in [2.05, 4.69) is 5.10 Å². The molecule has 1 aromatic heterocycles. The largest absolute Gasteiger partial charge is 0.472 e. The van der Waals surface area contributed by atoms with Gasteiger partial charge in [0.1, 0.15) is 18.2 Å². The molecule has 0 saturated heterocycles. The van der Waals surface area contributed by atoms with Crippen molar-refractivity contribution in [2.75, 3.05) is 6.54 Å². The summed E-state index contributed by atoms with van der Waals surface area (Å²) >= 11 is 0. The Bertz CT molecular complexity index is 970. The van der Waals surface area contributed by atoms with Gasteiger partial charge in [0.25, 0.3) is 5.91 Å². The van der Waals surface area contributed by atoms with Crippen LogP contribution in [0.3, 0.4) is 0 Å². The number of fused-ring (bicyclic) bond motifs is 1. The maximum Gasteiger partial charge on any atom is 0.254 e. The normalized spacial score (nSPS) is 13.3. The molecule has 2 heterocycles. The number of aromatic nitrogens is 2. The third kappa shape index (κ3) is 3.81. The molecule has 0 unspecified atom stereocenters. The summed E-state index contributed by atoms with van der Waals surface area (Å²) in [6.07, 6.45) is 0. The summed E-state index contributed by atoms with van der Waals surface area (Å²) < 4.78 is 33.8. The molecule has 0 aliphatic carbocycles. The van der Waals surface area contributed by atoms with E-state index in [0.29, 0.717) is 31.1 Å². The van der Waals surface area contributed by atoms with Gasteiger partial charge in [0.2, 0.25) is 5.88 Å². The van der Waals surface area contributed by atoms with Crippen LogP contribution in [0.2, 0.25) is 0 Å². The molecule has 1 aliphatic rings. The van der Waals surface area contributed by atoms with Crippen LogP contribution in [-0.2, 0) is 19.7 Å². The summed E-state index contributed by atoms with van der Waals surface area (Å²) in [5.74, 6) is -0.483. The van der Waals surface area contributed by atoms with Crippen molar-refractivity contribution >= 4 is 5.91 Å². The molecule has 7 heteroatoms. The smallest absolute Gasteiger partial charge is 0.254 e. The zero-order chi connectivity index (χ0) is 18.8. The van der Waals surface area contributed by atoms with Gasteiger partial charge in [0, 0.05) is 18.2 Å². The summed E-state index contributed by atoms with van der Waals surface area (Å²) in [7, 11) is 0. The van der Waals surface area contributed by atoms with Gasteiger partial charge in [0.15, 0.2) is 0 Å². The lowest BCUT2D eigenvalue weighted by Crippen LogP contribution is -2.38. The minimum absolute atomic E-state index is 0.212. The monoisotopic (exact) mass is 369 g/mol. The first-order valence-corrected chi connectivity index (χ1v) is 8.57. The third-order valence-electron chi connectivity index (χ3n) is 4.43. The number of benzene rings is 2. The lowest BCUT2D eigenvalue weighted by molar-refractivity contribution is 0.0705. The van der Waals surface area contributed by atoms with Crippen LogP contribution in [0.25, 0.3) is 0 Å². The molecule has 3 aromatic rings. The van der Waals surface area contributed by atoms with Crippen LogP contribution in [0.4, 0.5) is 8.78 Å². The number of ether oxygens (including phenoxy) is 1. The summed E-state index contributed by atoms with van der Waals surface area (Å²) in [4.78, 5) is 14.2. The van der Waals surface area contributed by atoms with Crippen LogP contribution in [0.15, 0.2) is 54.6 Å². The molecule has 1 aliphatic heterocycles. The van der Waals surface area contributed by atoms with Crippen LogP contribution < -0.4 is 4.74 Å². The Morgan fingerprint density at radius 2 is 1.85 bits per heavy atom. The molecular formula is C20H17F2N3O2. The van der Waals surface area contributed by atoms with Crippen molar-refractivity contribution in [3.8, 4) is 5.88 Å². The second kappa shape index (κ2) is 7.19. The minimum atomic E-state index is -0.431. The molecule has 5 nitrogen and oxygen atoms in total. The Hall–Kier alpha value is -3.22. The number of hydrogen-bond acceptors (Lipinski definition) is 3. The van der Waals surface area contributed by atoms with Gasteiger partial charge in [-0.05, 0) is 35.9 Å². The quantitative estimate of drug-likeness (QED) is 0.708. The topological polar surface area (TPSA) is 47.4 Å². The molecule has 0 bridgehead atoms. The number of carbonyl (C=O) groups excluding carboxylic acids is 1. The average molecular weight is 369 g/mol. The molecule has 0 spiro atoms. The van der Waals surface area contributed by atoms with E-state index in [1.165, 1.54) is 30.3 Å². The molecule has 1 amide bonds. The fraction of sp³-hybridized carbons (Fsp3) is 0.200. The molecule has 2 aromatic carbocycles. The highest BCUT2D eigenvalue weighted by molar-refractivity contribution is 5.94. The molecule has 4 rings (SSSR count). The van der Waals surface area contributed by atoms with Crippen molar-refractivity contribution in [1.29, 1.82) is 0 Å². The van der Waals surface area contributed by atoms with E-state index in [4.69, 9.17) is 4.74 Å². The van der Waals surface area contributed by atoms with Crippen molar-refractivity contribution in [2.24, 2.45) is 0 Å². The van der Waals surface area contributed by atoms with Gasteiger partial charge in [-0.2, -0.15) is 0 Å². The number of hydrogen-bond donors (Lipinski definition) is 0. The molecule has 0 saturated carbocycles. The summed E-state index contributed by atoms with van der Waals surface area (Å²) in [6, 6.07) is 13.6. The Morgan fingerprint density at radius 3 is 2.63 bits per heavy atom. The molecule has 0 N–H and O–H groups in total. The van der Waals surface area contributed by atoms with Gasteiger partial charge in [0.05, 0.1) is 18.8 Å². The zero-order valence-electron chi connectivity index (χ0n) is 14.4. The van der Waals surface area contributed by atoms with E-state index in [-0.39, 0.29) is 18.3 Å². The maximum atomic E-state index is 13.4. The second-order valence-electron chi connectivity index (χ2n) is 6.35. The highest BCUT2D eigenvalue weighted by atomic mass is 19.1. The molecule has 0 fully saturated rings. The number of rotatable bonds is 4. The Morgan fingerprint density at radius 1 is 1.04 bits per heavy atom. The van der Waals surface area contributed by atoms with Crippen LogP contribution in [-0.4, -0.2) is 27.1 Å². The first-order valence-electron chi connectivity index (χ1n) is 8.57. The average Bonchev–Trinajstić information content (AvgIpc) is 3.09. The van der Waals surface area contributed by atoms with Crippen LogP contribution in [0, 0.1) is 11.6 Å². The van der Waals surface area contributed by atoms with Crippen LogP contribution >= 0.6 is 0 Å². The standard InChI is InChI=1S/C20H17F2N3O2/c21-16-6-4-14(5-7-16)13-27-19-11-18-12-24(8-9-25(18)23-19)20(26)15-2-1-3-17(22)10-15/h1-7,10-11H,8-9,12-13H2. The summed E-state index contributed by atoms with van der Waals surface area (Å²) in [6.45, 7) is 1.68. The highest BCUT2D eigenvalue weighted by Crippen LogP contribution is 2.21. The van der Waals surface area contributed by atoms with Gasteiger partial charge in [-0.3, -0.25) is 9.48 Å². The maximum absolute atomic E-state index is 13.4. The molecule has 27 heavy (non-hydrogen) atoms. The van der Waals surface area contributed by atoms with Gasteiger partial charge >= 0.3 is 0 Å². The molecule has 138 valence electrons. The fourth-order valence-electron chi connectivity index (χ4n) is 3.03. The number of halogens is 2. The second-order valence-corrected chi connectivity index (χ2v) is 6.35. The predicted molar refractivity (Wildman–Crippen MR) is 94.1 cm³/mol. The van der Waals surface area contributed by atoms with Gasteiger partial charge in [-0.1, -0.05) is 18.2 Å². The number of carbonyl (C=O) groups is 1. The summed E-state index contributed by atoms with van der Waals surface area (Å²) in [5, 5.41) is 4.39. The van der Waals surface area contributed by atoms with E-state index in [1.807, 2.05) is 0 Å². The van der Waals surface area contributed by atoms with E-state index < -0.39 is 5.82 Å². The summed E-state index contributed by atoms with van der Waals surface area (Å²) in [5.41, 5.74) is 2.01. The van der Waals surface area contributed by atoms with E-state index >= 15 is 0 Å². The van der Waals surface area contributed by atoms with Gasteiger partial charge in [-0.15, -0.1) is 5.10 Å². The van der Waals surface area contributed by atoms with Gasteiger partial charge < -0.3 is 9.64 Å². The van der Waals surface area contributed by atoms with Crippen molar-refractivity contribution in [3.63, 3.8) is 0 Å². The van der Waals surface area contributed by atoms with Crippen molar-refractivity contribution in [1.82, 2.24) is 14.7 Å². The molecular weight excluding hydrogens is 352 g/mol. The predicted octanol–water partition coefficient (Wildman–Crippen LogP) is 3.40. The van der Waals surface area contributed by atoms with E-state index in [1.54, 1.807) is 33.8 Å². The molecule has 0 radical (unpaired) electrons. The third-order valence-corrected chi connectivity index (χ3v) is 4.43. The van der Waals surface area contributed by atoms with E-state index in [9.17, 15) is 13.6 Å². The number of amides is 1. The minimum Gasteiger partial charge on any atom is -0.472 e. The Labute approximate surface area is 154 Å². The number of nitrogens with zero attached hydrogens (tertiary/aromatic N) is 3. The van der Waals surface area contributed by atoms with Crippen LogP contribution in [0.1, 0.15) is 21.6 Å². The van der Waals surface area contributed by atoms with E-state index in [0.717, 1.165) is 11.3 Å². The highest BCUT2D eigenvalue weighted by Gasteiger charge is 2.24. The van der Waals surface area contributed by atoms with Crippen molar-refractivity contribution in [2.45, 2.75) is 19.7 Å². The van der Waals surface area contributed by atoms with Crippen molar-refractivity contribution in [3.05, 3.63) is 83.1 Å². The molecule has 0 atom stereocenters.